The summed E-state index contributed by atoms with van der Waals surface area (Å²) in [4.78, 5) is 8.58. The van der Waals surface area contributed by atoms with Crippen molar-refractivity contribution in [2.75, 3.05) is 10.6 Å². The van der Waals surface area contributed by atoms with Gasteiger partial charge in [0, 0.05) is 30.7 Å². The van der Waals surface area contributed by atoms with E-state index in [-0.39, 0.29) is 0 Å². The van der Waals surface area contributed by atoms with Crippen LogP contribution in [0.4, 0.5) is 17.5 Å². The number of H-pyrrole nitrogens is 1. The fraction of sp³-hybridized carbons (Fsp3) is 0.133. The van der Waals surface area contributed by atoms with Crippen molar-refractivity contribution in [1.29, 1.82) is 0 Å². The summed E-state index contributed by atoms with van der Waals surface area (Å²) in [7, 11) is 0. The monoisotopic (exact) mass is 280 g/mol. The van der Waals surface area contributed by atoms with Crippen molar-refractivity contribution in [2.24, 2.45) is 0 Å². The third-order valence-corrected chi connectivity index (χ3v) is 2.91. The molecule has 6 nitrogen and oxygen atoms in total. The van der Waals surface area contributed by atoms with Gasteiger partial charge in [0.1, 0.15) is 11.6 Å². The fourth-order valence-corrected chi connectivity index (χ4v) is 1.91. The van der Waals surface area contributed by atoms with Crippen LogP contribution in [0.2, 0.25) is 0 Å². The van der Waals surface area contributed by atoms with Gasteiger partial charge in [-0.25, -0.2) is 4.98 Å². The van der Waals surface area contributed by atoms with Crippen LogP contribution < -0.4 is 10.6 Å². The van der Waals surface area contributed by atoms with Crippen molar-refractivity contribution in [3.8, 4) is 0 Å². The largest absolute Gasteiger partial charge is 0.366 e. The molecular formula is C15H16N6. The Morgan fingerprint density at radius 3 is 2.76 bits per heavy atom. The molecule has 0 amide bonds. The van der Waals surface area contributed by atoms with E-state index in [1.807, 2.05) is 49.5 Å². The van der Waals surface area contributed by atoms with Gasteiger partial charge < -0.3 is 10.6 Å². The average Bonchev–Trinajstić information content (AvgIpc) is 2.92. The molecule has 3 aromatic heterocycles. The Morgan fingerprint density at radius 1 is 1.10 bits per heavy atom. The highest BCUT2D eigenvalue weighted by atomic mass is 15.2. The Morgan fingerprint density at radius 2 is 2.00 bits per heavy atom. The first-order valence-electron chi connectivity index (χ1n) is 6.68. The molecule has 0 aromatic carbocycles. The van der Waals surface area contributed by atoms with E-state index in [1.165, 1.54) is 0 Å². The lowest BCUT2D eigenvalue weighted by atomic mass is 10.3. The number of aromatic amines is 1. The molecule has 106 valence electrons. The highest BCUT2D eigenvalue weighted by molar-refractivity contribution is 5.54. The van der Waals surface area contributed by atoms with Gasteiger partial charge in [0.2, 0.25) is 0 Å². The van der Waals surface area contributed by atoms with Gasteiger partial charge in [0.15, 0.2) is 5.82 Å². The van der Waals surface area contributed by atoms with Crippen LogP contribution in [0.25, 0.3) is 0 Å². The lowest BCUT2D eigenvalue weighted by Gasteiger charge is -2.07. The Labute approximate surface area is 122 Å². The summed E-state index contributed by atoms with van der Waals surface area (Å²) in [6, 6.07) is 11.6. The summed E-state index contributed by atoms with van der Waals surface area (Å²) in [5.41, 5.74) is 2.11. The zero-order chi connectivity index (χ0) is 14.5. The second-order valence-electron chi connectivity index (χ2n) is 4.68. The smallest absolute Gasteiger partial charge is 0.153 e. The van der Waals surface area contributed by atoms with Crippen LogP contribution >= 0.6 is 0 Å². The molecule has 0 aliphatic rings. The number of rotatable bonds is 5. The minimum absolute atomic E-state index is 0.686. The van der Waals surface area contributed by atoms with Crippen LogP contribution in [0.15, 0.2) is 48.8 Å². The molecule has 0 fully saturated rings. The maximum atomic E-state index is 4.50. The molecule has 6 heteroatoms. The minimum Gasteiger partial charge on any atom is -0.366 e. The molecule has 3 heterocycles. The number of pyridine rings is 2. The van der Waals surface area contributed by atoms with Crippen molar-refractivity contribution in [3.05, 3.63) is 60.0 Å². The van der Waals surface area contributed by atoms with Crippen LogP contribution in [0.1, 0.15) is 11.3 Å². The summed E-state index contributed by atoms with van der Waals surface area (Å²) in [5, 5.41) is 13.4. The van der Waals surface area contributed by atoms with E-state index in [4.69, 9.17) is 0 Å². The first-order chi connectivity index (χ1) is 10.3. The van der Waals surface area contributed by atoms with Gasteiger partial charge in [-0.2, -0.15) is 5.10 Å². The van der Waals surface area contributed by atoms with Crippen LogP contribution in [-0.4, -0.2) is 20.2 Å². The van der Waals surface area contributed by atoms with Crippen LogP contribution in [-0.2, 0) is 6.54 Å². The van der Waals surface area contributed by atoms with Gasteiger partial charge >= 0.3 is 0 Å². The van der Waals surface area contributed by atoms with Gasteiger partial charge in [-0.1, -0.05) is 12.1 Å². The first-order valence-corrected chi connectivity index (χ1v) is 6.68. The van der Waals surface area contributed by atoms with E-state index in [0.29, 0.717) is 6.54 Å². The molecule has 0 saturated carbocycles. The fourth-order valence-electron chi connectivity index (χ4n) is 1.91. The van der Waals surface area contributed by atoms with E-state index < -0.39 is 0 Å². The Hall–Kier alpha value is -2.89. The summed E-state index contributed by atoms with van der Waals surface area (Å²) in [6.07, 6.45) is 3.60. The molecule has 0 bridgehead atoms. The van der Waals surface area contributed by atoms with Crippen molar-refractivity contribution in [2.45, 2.75) is 13.5 Å². The molecule has 0 saturated heterocycles. The molecule has 3 aromatic rings. The second kappa shape index (κ2) is 6.04. The van der Waals surface area contributed by atoms with Crippen molar-refractivity contribution >= 4 is 17.5 Å². The number of hydrogen-bond donors (Lipinski definition) is 3. The standard InChI is InChI=1S/C15H16N6/c1-11-8-15(21-20-11)19-14-6-2-5-13(18-14)17-10-12-4-3-7-16-9-12/h2-9H,10H2,1H3,(H3,17,18,19,20,21). The lowest BCUT2D eigenvalue weighted by molar-refractivity contribution is 1.05. The lowest BCUT2D eigenvalue weighted by Crippen LogP contribution is -2.03. The molecule has 3 N–H and O–H groups in total. The molecule has 0 aliphatic heterocycles. The molecule has 21 heavy (non-hydrogen) atoms. The molecule has 0 radical (unpaired) electrons. The van der Waals surface area contributed by atoms with Crippen LogP contribution in [0.5, 0.6) is 0 Å². The summed E-state index contributed by atoms with van der Waals surface area (Å²) < 4.78 is 0. The second-order valence-corrected chi connectivity index (χ2v) is 4.68. The average molecular weight is 280 g/mol. The third-order valence-electron chi connectivity index (χ3n) is 2.91. The van der Waals surface area contributed by atoms with E-state index in [0.717, 1.165) is 28.7 Å². The molecule has 0 aliphatic carbocycles. The number of aromatic nitrogens is 4. The van der Waals surface area contributed by atoms with E-state index >= 15 is 0 Å². The summed E-state index contributed by atoms with van der Waals surface area (Å²) in [5.74, 6) is 2.30. The van der Waals surface area contributed by atoms with Gasteiger partial charge in [-0.05, 0) is 30.7 Å². The number of nitrogens with zero attached hydrogens (tertiary/aromatic N) is 3. The Balaban J connectivity index is 1.65. The van der Waals surface area contributed by atoms with Gasteiger partial charge in [-0.3, -0.25) is 10.1 Å². The molecule has 0 unspecified atom stereocenters. The Bertz CT molecular complexity index is 707. The van der Waals surface area contributed by atoms with Crippen molar-refractivity contribution in [3.63, 3.8) is 0 Å². The molecular weight excluding hydrogens is 264 g/mol. The molecule has 3 rings (SSSR count). The van der Waals surface area contributed by atoms with Gasteiger partial charge in [0.05, 0.1) is 0 Å². The highest BCUT2D eigenvalue weighted by Gasteiger charge is 2.01. The number of aryl methyl sites for hydroxylation is 1. The van der Waals surface area contributed by atoms with E-state index in [1.54, 1.807) is 6.20 Å². The highest BCUT2D eigenvalue weighted by Crippen LogP contribution is 2.15. The number of nitrogens with one attached hydrogen (secondary N) is 3. The zero-order valence-electron chi connectivity index (χ0n) is 11.7. The quantitative estimate of drug-likeness (QED) is 0.669. The van der Waals surface area contributed by atoms with Gasteiger partial charge in [-0.15, -0.1) is 0 Å². The normalized spacial score (nSPS) is 10.3. The van der Waals surface area contributed by atoms with E-state index in [2.05, 4.69) is 30.8 Å². The Kier molecular flexibility index (Phi) is 3.77. The minimum atomic E-state index is 0.686. The maximum Gasteiger partial charge on any atom is 0.153 e. The molecule has 0 atom stereocenters. The summed E-state index contributed by atoms with van der Waals surface area (Å²) >= 11 is 0. The van der Waals surface area contributed by atoms with E-state index in [9.17, 15) is 0 Å². The summed E-state index contributed by atoms with van der Waals surface area (Å²) in [6.45, 7) is 2.64. The van der Waals surface area contributed by atoms with Crippen molar-refractivity contribution < 1.29 is 0 Å². The zero-order valence-corrected chi connectivity index (χ0v) is 11.7. The number of hydrogen-bond acceptors (Lipinski definition) is 5. The number of anilines is 3. The molecule has 0 spiro atoms. The maximum absolute atomic E-state index is 4.50. The van der Waals surface area contributed by atoms with Crippen LogP contribution in [0, 0.1) is 6.92 Å². The topological polar surface area (TPSA) is 78.5 Å². The first kappa shape index (κ1) is 13.1. The SMILES string of the molecule is Cc1cc(Nc2cccc(NCc3cccnc3)n2)n[nH]1. The van der Waals surface area contributed by atoms with Gasteiger partial charge in [0.25, 0.3) is 0 Å². The van der Waals surface area contributed by atoms with Crippen LogP contribution in [0.3, 0.4) is 0 Å². The predicted molar refractivity (Wildman–Crippen MR) is 82.4 cm³/mol. The predicted octanol–water partition coefficient (Wildman–Crippen LogP) is 2.86. The third kappa shape index (κ3) is 3.56. The van der Waals surface area contributed by atoms with Crippen molar-refractivity contribution in [1.82, 2.24) is 20.2 Å².